The summed E-state index contributed by atoms with van der Waals surface area (Å²) in [5.41, 5.74) is -0.481. The summed E-state index contributed by atoms with van der Waals surface area (Å²) in [7, 11) is -3.46. The molecule has 0 atom stereocenters. The zero-order valence-electron chi connectivity index (χ0n) is 11.2. The van der Waals surface area contributed by atoms with E-state index in [2.05, 4.69) is 10.0 Å². The van der Waals surface area contributed by atoms with Crippen molar-refractivity contribution in [2.45, 2.75) is 6.92 Å². The smallest absolute Gasteiger partial charge is 0.335 e. The Morgan fingerprint density at radius 3 is 2.62 bits per heavy atom. The van der Waals surface area contributed by atoms with Gasteiger partial charge in [-0.15, -0.1) is 0 Å². The number of aromatic carboxylic acids is 1. The topological polar surface area (TPSA) is 139 Å². The number of nitro groups is 1. The van der Waals surface area contributed by atoms with E-state index in [0.717, 1.165) is 18.2 Å². The molecule has 0 heterocycles. The lowest BCUT2D eigenvalue weighted by atomic mass is 10.1. The fraction of sp³-hybridized carbons (Fsp3) is 0.364. The molecule has 116 valence electrons. The molecule has 0 aliphatic carbocycles. The van der Waals surface area contributed by atoms with Crippen LogP contribution < -0.4 is 10.0 Å². The highest BCUT2D eigenvalue weighted by Gasteiger charge is 2.17. The molecular weight excluding hydrogens is 302 g/mol. The summed E-state index contributed by atoms with van der Waals surface area (Å²) >= 11 is 0. The van der Waals surface area contributed by atoms with Crippen LogP contribution in [0.15, 0.2) is 18.2 Å². The van der Waals surface area contributed by atoms with Crippen LogP contribution in [0.5, 0.6) is 0 Å². The van der Waals surface area contributed by atoms with Crippen LogP contribution >= 0.6 is 0 Å². The number of rotatable bonds is 8. The lowest BCUT2D eigenvalue weighted by Crippen LogP contribution is -2.29. The van der Waals surface area contributed by atoms with Crippen molar-refractivity contribution in [3.63, 3.8) is 0 Å². The van der Waals surface area contributed by atoms with Gasteiger partial charge in [-0.25, -0.2) is 17.9 Å². The highest BCUT2D eigenvalue weighted by atomic mass is 32.2. The lowest BCUT2D eigenvalue weighted by Gasteiger charge is -2.08. The molecule has 0 spiro atoms. The number of hydrogen-bond donors (Lipinski definition) is 3. The highest BCUT2D eigenvalue weighted by Crippen LogP contribution is 2.25. The molecule has 3 N–H and O–H groups in total. The van der Waals surface area contributed by atoms with Gasteiger partial charge in [0.05, 0.1) is 16.2 Å². The van der Waals surface area contributed by atoms with Gasteiger partial charge in [0, 0.05) is 19.2 Å². The summed E-state index contributed by atoms with van der Waals surface area (Å²) in [5.74, 6) is -1.51. The highest BCUT2D eigenvalue weighted by molar-refractivity contribution is 7.89. The number of sulfonamides is 1. The van der Waals surface area contributed by atoms with E-state index in [1.807, 2.05) is 0 Å². The SMILES string of the molecule is CCNS(=O)(=O)CCNc1cc(C(=O)O)ccc1[N+](=O)[O-]. The van der Waals surface area contributed by atoms with E-state index in [4.69, 9.17) is 5.11 Å². The molecule has 0 bridgehead atoms. The molecule has 1 aromatic rings. The molecule has 0 saturated heterocycles. The van der Waals surface area contributed by atoms with Crippen LogP contribution in [0.3, 0.4) is 0 Å². The van der Waals surface area contributed by atoms with E-state index in [-0.39, 0.29) is 35.8 Å². The molecule has 21 heavy (non-hydrogen) atoms. The molecular formula is C11H15N3O6S. The zero-order chi connectivity index (χ0) is 16.0. The van der Waals surface area contributed by atoms with Gasteiger partial charge < -0.3 is 10.4 Å². The number of benzene rings is 1. The van der Waals surface area contributed by atoms with Crippen LogP contribution in [0.2, 0.25) is 0 Å². The first-order chi connectivity index (χ1) is 9.76. The molecule has 10 heteroatoms. The van der Waals surface area contributed by atoms with Gasteiger partial charge in [0.2, 0.25) is 10.0 Å². The summed E-state index contributed by atoms with van der Waals surface area (Å²) in [6.45, 7) is 1.79. The zero-order valence-corrected chi connectivity index (χ0v) is 12.0. The second-order valence-corrected chi connectivity index (χ2v) is 5.96. The Kier molecular flexibility index (Phi) is 5.61. The number of nitrogens with one attached hydrogen (secondary N) is 2. The van der Waals surface area contributed by atoms with Crippen molar-refractivity contribution in [2.24, 2.45) is 0 Å². The second kappa shape index (κ2) is 6.99. The summed E-state index contributed by atoms with van der Waals surface area (Å²) in [6, 6.07) is 3.27. The van der Waals surface area contributed by atoms with Crippen LogP contribution in [-0.4, -0.2) is 43.3 Å². The van der Waals surface area contributed by atoms with Crippen molar-refractivity contribution in [2.75, 3.05) is 24.2 Å². The Hall–Kier alpha value is -2.20. The molecule has 0 unspecified atom stereocenters. The lowest BCUT2D eigenvalue weighted by molar-refractivity contribution is -0.384. The van der Waals surface area contributed by atoms with Crippen LogP contribution in [-0.2, 0) is 10.0 Å². The van der Waals surface area contributed by atoms with E-state index in [0.29, 0.717) is 0 Å². The number of carboxylic acids is 1. The number of carboxylic acid groups (broad SMARTS) is 1. The fourth-order valence-corrected chi connectivity index (χ4v) is 2.54. The molecule has 0 aromatic heterocycles. The predicted octanol–water partition coefficient (Wildman–Crippen LogP) is 0.644. The molecule has 0 aliphatic heterocycles. The van der Waals surface area contributed by atoms with Gasteiger partial charge in [0.25, 0.3) is 5.69 Å². The molecule has 0 aliphatic rings. The maximum Gasteiger partial charge on any atom is 0.335 e. The van der Waals surface area contributed by atoms with Gasteiger partial charge in [-0.1, -0.05) is 6.92 Å². The minimum absolute atomic E-state index is 0.0356. The average molecular weight is 317 g/mol. The Balaban J connectivity index is 2.88. The van der Waals surface area contributed by atoms with E-state index in [9.17, 15) is 23.3 Å². The maximum absolute atomic E-state index is 11.4. The third kappa shape index (κ3) is 5.00. The normalized spacial score (nSPS) is 11.1. The molecule has 0 fully saturated rings. The average Bonchev–Trinajstić information content (AvgIpc) is 2.37. The van der Waals surface area contributed by atoms with Crippen LogP contribution in [0, 0.1) is 10.1 Å². The van der Waals surface area contributed by atoms with E-state index >= 15 is 0 Å². The standard InChI is InChI=1S/C11H15N3O6S/c1-2-13-21(19,20)6-5-12-9-7-8(11(15)16)3-4-10(9)14(17)18/h3-4,7,12-13H,2,5-6H2,1H3,(H,15,16). The molecule has 9 nitrogen and oxygen atoms in total. The van der Waals surface area contributed by atoms with Gasteiger partial charge in [-0.2, -0.15) is 0 Å². The summed E-state index contributed by atoms with van der Waals surface area (Å²) in [5, 5.41) is 22.3. The number of nitrogens with zero attached hydrogens (tertiary/aromatic N) is 1. The first-order valence-corrected chi connectivity index (χ1v) is 7.65. The Labute approximate surface area is 121 Å². The third-order valence-corrected chi connectivity index (χ3v) is 3.96. The van der Waals surface area contributed by atoms with Gasteiger partial charge in [-0.3, -0.25) is 10.1 Å². The van der Waals surface area contributed by atoms with Crippen molar-refractivity contribution in [1.29, 1.82) is 0 Å². The first-order valence-electron chi connectivity index (χ1n) is 5.99. The predicted molar refractivity (Wildman–Crippen MR) is 76.0 cm³/mol. The van der Waals surface area contributed by atoms with Crippen molar-refractivity contribution in [3.8, 4) is 0 Å². The second-order valence-electron chi connectivity index (χ2n) is 4.04. The largest absolute Gasteiger partial charge is 0.478 e. The van der Waals surface area contributed by atoms with Gasteiger partial charge in [0.1, 0.15) is 5.69 Å². The quantitative estimate of drug-likeness (QED) is 0.472. The third-order valence-electron chi connectivity index (χ3n) is 2.49. The van der Waals surface area contributed by atoms with Gasteiger partial charge in [-0.05, 0) is 12.1 Å². The van der Waals surface area contributed by atoms with Crippen LogP contribution in [0.1, 0.15) is 17.3 Å². The monoisotopic (exact) mass is 317 g/mol. The van der Waals surface area contributed by atoms with Crippen LogP contribution in [0.4, 0.5) is 11.4 Å². The number of hydrogen-bond acceptors (Lipinski definition) is 6. The van der Waals surface area contributed by atoms with E-state index in [1.165, 1.54) is 0 Å². The maximum atomic E-state index is 11.4. The van der Waals surface area contributed by atoms with Gasteiger partial charge in [0.15, 0.2) is 0 Å². The van der Waals surface area contributed by atoms with Crippen molar-refractivity contribution >= 4 is 27.4 Å². The van der Waals surface area contributed by atoms with E-state index < -0.39 is 20.9 Å². The summed E-state index contributed by atoms with van der Waals surface area (Å²) in [4.78, 5) is 21.0. The van der Waals surface area contributed by atoms with Crippen molar-refractivity contribution < 1.29 is 23.2 Å². The number of anilines is 1. The van der Waals surface area contributed by atoms with Gasteiger partial charge >= 0.3 is 5.97 Å². The van der Waals surface area contributed by atoms with Crippen molar-refractivity contribution in [1.82, 2.24) is 4.72 Å². The fourth-order valence-electron chi connectivity index (χ4n) is 1.58. The Morgan fingerprint density at radius 1 is 1.43 bits per heavy atom. The minimum atomic E-state index is -3.46. The van der Waals surface area contributed by atoms with Crippen LogP contribution in [0.25, 0.3) is 0 Å². The summed E-state index contributed by atoms with van der Waals surface area (Å²) < 4.78 is 25.2. The molecule has 0 saturated carbocycles. The number of nitro benzene ring substituents is 1. The molecule has 0 radical (unpaired) electrons. The molecule has 1 rings (SSSR count). The summed E-state index contributed by atoms with van der Waals surface area (Å²) in [6.07, 6.45) is 0. The van der Waals surface area contributed by atoms with E-state index in [1.54, 1.807) is 6.92 Å². The first kappa shape index (κ1) is 16.9. The molecule has 1 aromatic carbocycles. The number of carbonyl (C=O) groups is 1. The molecule has 0 amide bonds. The Bertz CT molecular complexity index is 643. The van der Waals surface area contributed by atoms with Crippen molar-refractivity contribution in [3.05, 3.63) is 33.9 Å². The Morgan fingerprint density at radius 2 is 2.10 bits per heavy atom. The minimum Gasteiger partial charge on any atom is -0.478 e.